The lowest BCUT2D eigenvalue weighted by molar-refractivity contribution is 0.0543. The molecule has 0 aliphatic carbocycles. The Bertz CT molecular complexity index is 497. The van der Waals surface area contributed by atoms with Gasteiger partial charge >= 0.3 is 0 Å². The van der Waals surface area contributed by atoms with E-state index < -0.39 is 5.60 Å². The molecule has 1 aromatic carbocycles. The van der Waals surface area contributed by atoms with E-state index in [2.05, 4.69) is 17.2 Å². The minimum absolute atomic E-state index is 0.179. The number of nitrogens with one attached hydrogen (secondary N) is 1. The van der Waals surface area contributed by atoms with Crippen molar-refractivity contribution in [1.29, 1.82) is 0 Å². The van der Waals surface area contributed by atoms with Crippen LogP contribution in [0.2, 0.25) is 0 Å². The Kier molecular flexibility index (Phi) is 4.30. The number of hydrogen-bond acceptors (Lipinski definition) is 3. The van der Waals surface area contributed by atoms with E-state index in [1.165, 1.54) is 5.56 Å². The lowest BCUT2D eigenvalue weighted by Crippen LogP contribution is -2.36. The number of hydrogen-bond donors (Lipinski definition) is 2. The Balaban J connectivity index is 1.99. The molecule has 2 N–H and O–H groups in total. The molecule has 1 unspecified atom stereocenters. The van der Waals surface area contributed by atoms with Crippen molar-refractivity contribution in [2.24, 2.45) is 0 Å². The molecule has 1 heterocycles. The first-order chi connectivity index (χ1) is 9.09. The second-order valence-corrected chi connectivity index (χ2v) is 5.02. The Morgan fingerprint density at radius 3 is 2.42 bits per heavy atom. The van der Waals surface area contributed by atoms with E-state index in [1.807, 2.05) is 49.4 Å². The van der Waals surface area contributed by atoms with Crippen LogP contribution in [0.5, 0.6) is 0 Å². The van der Waals surface area contributed by atoms with Crippen LogP contribution in [0.1, 0.15) is 31.0 Å². The Hall–Kier alpha value is -1.71. The number of benzene rings is 1. The molecule has 0 saturated heterocycles. The molecule has 0 fully saturated rings. The molecule has 2 atom stereocenters. The van der Waals surface area contributed by atoms with Crippen LogP contribution in [0.4, 0.5) is 0 Å². The fourth-order valence-electron chi connectivity index (χ4n) is 2.02. The second-order valence-electron chi connectivity index (χ2n) is 5.02. The summed E-state index contributed by atoms with van der Waals surface area (Å²) >= 11 is 0. The van der Waals surface area contributed by atoms with E-state index in [0.717, 1.165) is 5.56 Å². The van der Waals surface area contributed by atoms with Crippen LogP contribution in [0.15, 0.2) is 54.9 Å². The largest absolute Gasteiger partial charge is 0.384 e. The highest BCUT2D eigenvalue weighted by atomic mass is 16.3. The Morgan fingerprint density at radius 2 is 1.79 bits per heavy atom. The van der Waals surface area contributed by atoms with Crippen molar-refractivity contribution in [2.75, 3.05) is 6.54 Å². The lowest BCUT2D eigenvalue weighted by Gasteiger charge is -2.26. The third-order valence-corrected chi connectivity index (χ3v) is 3.35. The van der Waals surface area contributed by atoms with Gasteiger partial charge in [-0.1, -0.05) is 30.3 Å². The molecule has 0 aliphatic heterocycles. The average Bonchev–Trinajstić information content (AvgIpc) is 2.47. The average molecular weight is 256 g/mol. The van der Waals surface area contributed by atoms with Crippen molar-refractivity contribution < 1.29 is 5.11 Å². The van der Waals surface area contributed by atoms with Gasteiger partial charge in [0.25, 0.3) is 0 Å². The van der Waals surface area contributed by atoms with Gasteiger partial charge in [0.15, 0.2) is 0 Å². The molecular formula is C16H20N2O. The fraction of sp³-hybridized carbons (Fsp3) is 0.312. The van der Waals surface area contributed by atoms with Crippen molar-refractivity contribution >= 4 is 0 Å². The monoisotopic (exact) mass is 256 g/mol. The van der Waals surface area contributed by atoms with Gasteiger partial charge < -0.3 is 10.4 Å². The SMILES string of the molecule is C[C@H](NCC(C)(O)c1ccccc1)c1ccncc1. The summed E-state index contributed by atoms with van der Waals surface area (Å²) in [5, 5.41) is 13.9. The number of rotatable bonds is 5. The van der Waals surface area contributed by atoms with Gasteiger partial charge in [0, 0.05) is 25.0 Å². The standard InChI is InChI=1S/C16H20N2O/c1-13(14-8-10-17-11-9-14)18-12-16(2,19)15-6-4-3-5-7-15/h3-11,13,18-19H,12H2,1-2H3/t13-,16?/m0/s1. The predicted molar refractivity (Wildman–Crippen MR) is 76.7 cm³/mol. The smallest absolute Gasteiger partial charge is 0.0992 e. The summed E-state index contributed by atoms with van der Waals surface area (Å²) in [5.74, 6) is 0. The lowest BCUT2D eigenvalue weighted by atomic mass is 9.95. The van der Waals surface area contributed by atoms with Crippen LogP contribution in [0, 0.1) is 0 Å². The van der Waals surface area contributed by atoms with Gasteiger partial charge in [0.1, 0.15) is 0 Å². The summed E-state index contributed by atoms with van der Waals surface area (Å²) in [6, 6.07) is 13.9. The van der Waals surface area contributed by atoms with Crippen molar-refractivity contribution in [3.8, 4) is 0 Å². The van der Waals surface area contributed by atoms with Gasteiger partial charge in [-0.25, -0.2) is 0 Å². The van der Waals surface area contributed by atoms with Crippen molar-refractivity contribution in [3.05, 3.63) is 66.0 Å². The number of pyridine rings is 1. The summed E-state index contributed by atoms with van der Waals surface area (Å²) in [6.45, 7) is 4.41. The van der Waals surface area contributed by atoms with Crippen LogP contribution in [-0.2, 0) is 5.60 Å². The van der Waals surface area contributed by atoms with Crippen molar-refractivity contribution in [3.63, 3.8) is 0 Å². The van der Waals surface area contributed by atoms with Crippen LogP contribution in [0.25, 0.3) is 0 Å². The summed E-state index contributed by atoms with van der Waals surface area (Å²) in [5.41, 5.74) is 1.21. The minimum Gasteiger partial charge on any atom is -0.384 e. The van der Waals surface area contributed by atoms with Crippen LogP contribution < -0.4 is 5.32 Å². The molecule has 0 radical (unpaired) electrons. The molecule has 0 bridgehead atoms. The minimum atomic E-state index is -0.872. The molecule has 2 aromatic rings. The molecule has 100 valence electrons. The first-order valence-electron chi connectivity index (χ1n) is 6.51. The summed E-state index contributed by atoms with van der Waals surface area (Å²) in [6.07, 6.45) is 3.56. The first-order valence-corrected chi connectivity index (χ1v) is 6.51. The van der Waals surface area contributed by atoms with Crippen molar-refractivity contribution in [1.82, 2.24) is 10.3 Å². The first kappa shape index (κ1) is 13.7. The highest BCUT2D eigenvalue weighted by molar-refractivity contribution is 5.22. The summed E-state index contributed by atoms with van der Waals surface area (Å²) in [7, 11) is 0. The maximum absolute atomic E-state index is 10.5. The van der Waals surface area contributed by atoms with Crippen LogP contribution in [-0.4, -0.2) is 16.6 Å². The van der Waals surface area contributed by atoms with Gasteiger partial charge in [-0.3, -0.25) is 4.98 Å². The summed E-state index contributed by atoms with van der Waals surface area (Å²) in [4.78, 5) is 4.01. The predicted octanol–water partition coefficient (Wildman–Crippen LogP) is 2.64. The highest BCUT2D eigenvalue weighted by Gasteiger charge is 2.23. The molecule has 19 heavy (non-hydrogen) atoms. The van der Waals surface area contributed by atoms with Gasteiger partial charge in [0.2, 0.25) is 0 Å². The maximum Gasteiger partial charge on any atom is 0.0992 e. The number of aliphatic hydroxyl groups is 1. The van der Waals surface area contributed by atoms with E-state index >= 15 is 0 Å². The normalized spacial score (nSPS) is 15.7. The summed E-state index contributed by atoms with van der Waals surface area (Å²) < 4.78 is 0. The zero-order valence-corrected chi connectivity index (χ0v) is 11.4. The zero-order valence-electron chi connectivity index (χ0n) is 11.4. The molecule has 0 spiro atoms. The topological polar surface area (TPSA) is 45.1 Å². The van der Waals surface area contributed by atoms with Crippen molar-refractivity contribution in [2.45, 2.75) is 25.5 Å². The van der Waals surface area contributed by atoms with E-state index in [4.69, 9.17) is 0 Å². The van der Waals surface area contributed by atoms with Gasteiger partial charge in [-0.2, -0.15) is 0 Å². The van der Waals surface area contributed by atoms with E-state index in [9.17, 15) is 5.11 Å². The van der Waals surface area contributed by atoms with Gasteiger partial charge in [0.05, 0.1) is 5.60 Å². The third-order valence-electron chi connectivity index (χ3n) is 3.35. The Morgan fingerprint density at radius 1 is 1.16 bits per heavy atom. The van der Waals surface area contributed by atoms with Crippen LogP contribution in [0.3, 0.4) is 0 Å². The molecule has 3 nitrogen and oxygen atoms in total. The van der Waals surface area contributed by atoms with E-state index in [0.29, 0.717) is 6.54 Å². The zero-order chi connectivity index (χ0) is 13.7. The molecule has 0 amide bonds. The molecule has 1 aromatic heterocycles. The molecule has 0 saturated carbocycles. The molecule has 2 rings (SSSR count). The van der Waals surface area contributed by atoms with E-state index in [-0.39, 0.29) is 6.04 Å². The van der Waals surface area contributed by atoms with Crippen LogP contribution >= 0.6 is 0 Å². The second kappa shape index (κ2) is 5.95. The van der Waals surface area contributed by atoms with E-state index in [1.54, 1.807) is 12.4 Å². The number of nitrogens with zero attached hydrogens (tertiary/aromatic N) is 1. The molecule has 0 aliphatic rings. The Labute approximate surface area is 114 Å². The molecular weight excluding hydrogens is 236 g/mol. The van der Waals surface area contributed by atoms with Gasteiger partial charge in [-0.15, -0.1) is 0 Å². The molecule has 3 heteroatoms. The maximum atomic E-state index is 10.5. The van der Waals surface area contributed by atoms with Gasteiger partial charge in [-0.05, 0) is 37.1 Å². The third kappa shape index (κ3) is 3.63. The quantitative estimate of drug-likeness (QED) is 0.864. The fourth-order valence-corrected chi connectivity index (χ4v) is 2.02. The highest BCUT2D eigenvalue weighted by Crippen LogP contribution is 2.20. The number of aromatic nitrogens is 1.